The summed E-state index contributed by atoms with van der Waals surface area (Å²) in [4.78, 5) is 12.8. The zero-order chi connectivity index (χ0) is 17.9. The highest BCUT2D eigenvalue weighted by atomic mass is 16.5. The lowest BCUT2D eigenvalue weighted by Crippen LogP contribution is -2.17. The topological polar surface area (TPSA) is 76.0 Å². The Balaban J connectivity index is 2.27. The lowest BCUT2D eigenvalue weighted by Gasteiger charge is -2.19. The SMILES string of the molecule is COc1ccc(C(C)C(=O)C(C)c2ccc(OC)cc2O)c(O)c1. The van der Waals surface area contributed by atoms with E-state index in [0.717, 1.165) is 0 Å². The van der Waals surface area contributed by atoms with Crippen molar-refractivity contribution in [1.29, 1.82) is 0 Å². The maximum absolute atomic E-state index is 12.8. The molecule has 0 amide bonds. The standard InChI is InChI=1S/C19H22O5/c1-11(15-7-5-13(23-3)9-17(15)20)19(22)12(2)16-8-6-14(24-4)10-18(16)21/h5-12,20-21H,1-4H3. The average molecular weight is 330 g/mol. The largest absolute Gasteiger partial charge is 0.508 e. The van der Waals surface area contributed by atoms with Crippen LogP contribution in [0.25, 0.3) is 0 Å². The van der Waals surface area contributed by atoms with E-state index in [-0.39, 0.29) is 17.3 Å². The van der Waals surface area contributed by atoms with Crippen LogP contribution in [0.2, 0.25) is 0 Å². The molecule has 0 bridgehead atoms. The molecule has 0 spiro atoms. The molecule has 0 saturated heterocycles. The van der Waals surface area contributed by atoms with Gasteiger partial charge in [0.05, 0.1) is 14.2 Å². The summed E-state index contributed by atoms with van der Waals surface area (Å²) < 4.78 is 10.1. The molecule has 0 aromatic heterocycles. The summed E-state index contributed by atoms with van der Waals surface area (Å²) in [6.07, 6.45) is 0. The van der Waals surface area contributed by atoms with Crippen molar-refractivity contribution >= 4 is 5.78 Å². The number of phenolic OH excluding ortho intramolecular Hbond substituents is 2. The summed E-state index contributed by atoms with van der Waals surface area (Å²) in [6, 6.07) is 9.72. The molecule has 0 aliphatic rings. The summed E-state index contributed by atoms with van der Waals surface area (Å²) >= 11 is 0. The molecule has 2 atom stereocenters. The van der Waals surface area contributed by atoms with E-state index in [4.69, 9.17) is 9.47 Å². The Hall–Kier alpha value is -2.69. The number of hydrogen-bond donors (Lipinski definition) is 2. The third kappa shape index (κ3) is 3.45. The Morgan fingerprint density at radius 2 is 1.21 bits per heavy atom. The van der Waals surface area contributed by atoms with Crippen molar-refractivity contribution in [2.24, 2.45) is 0 Å². The lowest BCUT2D eigenvalue weighted by molar-refractivity contribution is -0.121. The highest BCUT2D eigenvalue weighted by Crippen LogP contribution is 2.36. The number of rotatable bonds is 6. The highest BCUT2D eigenvalue weighted by Gasteiger charge is 2.26. The van der Waals surface area contributed by atoms with Crippen LogP contribution in [-0.2, 0) is 4.79 Å². The lowest BCUT2D eigenvalue weighted by atomic mass is 9.85. The van der Waals surface area contributed by atoms with E-state index in [1.807, 2.05) is 0 Å². The normalized spacial score (nSPS) is 13.2. The minimum absolute atomic E-state index is 0.0151. The Labute approximate surface area is 141 Å². The molecule has 2 aromatic rings. The molecule has 0 aliphatic carbocycles. The van der Waals surface area contributed by atoms with Crippen LogP contribution in [0, 0.1) is 0 Å². The van der Waals surface area contributed by atoms with Gasteiger partial charge in [-0.25, -0.2) is 0 Å². The maximum atomic E-state index is 12.8. The van der Waals surface area contributed by atoms with Gasteiger partial charge < -0.3 is 19.7 Å². The fourth-order valence-corrected chi connectivity index (χ4v) is 2.71. The summed E-state index contributed by atoms with van der Waals surface area (Å²) in [5, 5.41) is 20.2. The number of methoxy groups -OCH3 is 2. The second kappa shape index (κ2) is 7.25. The monoisotopic (exact) mass is 330 g/mol. The first-order valence-electron chi connectivity index (χ1n) is 7.66. The Bertz CT molecular complexity index is 677. The van der Waals surface area contributed by atoms with Gasteiger partial charge >= 0.3 is 0 Å². The number of carbonyl (C=O) groups is 1. The van der Waals surface area contributed by atoms with Gasteiger partial charge in [0.2, 0.25) is 0 Å². The number of benzene rings is 2. The van der Waals surface area contributed by atoms with Gasteiger partial charge in [0.1, 0.15) is 28.8 Å². The zero-order valence-corrected chi connectivity index (χ0v) is 14.2. The van der Waals surface area contributed by atoms with Gasteiger partial charge in [-0.1, -0.05) is 26.0 Å². The fraction of sp³-hybridized carbons (Fsp3) is 0.316. The quantitative estimate of drug-likeness (QED) is 0.846. The van der Waals surface area contributed by atoms with Crippen molar-refractivity contribution in [1.82, 2.24) is 0 Å². The van der Waals surface area contributed by atoms with Gasteiger partial charge in [-0.2, -0.15) is 0 Å². The molecular formula is C19H22O5. The average Bonchev–Trinajstić information content (AvgIpc) is 2.59. The number of phenols is 2. The maximum Gasteiger partial charge on any atom is 0.147 e. The molecule has 2 rings (SSSR count). The summed E-state index contributed by atoms with van der Waals surface area (Å²) in [7, 11) is 3.02. The molecule has 2 N–H and O–H groups in total. The van der Waals surface area contributed by atoms with Crippen molar-refractivity contribution in [3.63, 3.8) is 0 Å². The number of hydrogen-bond acceptors (Lipinski definition) is 5. The van der Waals surface area contributed by atoms with Crippen molar-refractivity contribution in [2.75, 3.05) is 14.2 Å². The molecule has 24 heavy (non-hydrogen) atoms. The van der Waals surface area contributed by atoms with E-state index in [1.165, 1.54) is 26.4 Å². The second-order valence-electron chi connectivity index (χ2n) is 5.70. The fourth-order valence-electron chi connectivity index (χ4n) is 2.71. The van der Waals surface area contributed by atoms with Gasteiger partial charge in [0, 0.05) is 35.1 Å². The zero-order valence-electron chi connectivity index (χ0n) is 14.2. The van der Waals surface area contributed by atoms with E-state index < -0.39 is 11.8 Å². The number of Topliss-reactive ketones (excluding diaryl/α,β-unsaturated/α-hetero) is 1. The van der Waals surface area contributed by atoms with E-state index in [1.54, 1.807) is 38.1 Å². The van der Waals surface area contributed by atoms with Crippen LogP contribution in [0.1, 0.15) is 36.8 Å². The van der Waals surface area contributed by atoms with Crippen molar-refractivity contribution in [3.8, 4) is 23.0 Å². The van der Waals surface area contributed by atoms with E-state index in [9.17, 15) is 15.0 Å². The molecule has 5 nitrogen and oxygen atoms in total. The highest BCUT2D eigenvalue weighted by molar-refractivity contribution is 5.92. The predicted molar refractivity (Wildman–Crippen MR) is 91.2 cm³/mol. The molecule has 0 heterocycles. The first-order chi connectivity index (χ1) is 11.4. The van der Waals surface area contributed by atoms with Gasteiger partial charge in [-0.15, -0.1) is 0 Å². The van der Waals surface area contributed by atoms with E-state index in [0.29, 0.717) is 22.6 Å². The number of aromatic hydroxyl groups is 2. The van der Waals surface area contributed by atoms with Gasteiger partial charge in [-0.3, -0.25) is 4.79 Å². The first-order valence-corrected chi connectivity index (χ1v) is 7.66. The second-order valence-corrected chi connectivity index (χ2v) is 5.70. The minimum Gasteiger partial charge on any atom is -0.508 e. The van der Waals surface area contributed by atoms with Crippen LogP contribution >= 0.6 is 0 Å². The predicted octanol–water partition coefficient (Wildman–Crippen LogP) is 3.59. The van der Waals surface area contributed by atoms with Crippen molar-refractivity contribution in [3.05, 3.63) is 47.5 Å². The summed E-state index contributed by atoms with van der Waals surface area (Å²) in [5.41, 5.74) is 1.06. The molecule has 0 aliphatic heterocycles. The molecule has 0 saturated carbocycles. The first kappa shape index (κ1) is 17.7. The smallest absolute Gasteiger partial charge is 0.147 e. The third-order valence-corrected chi connectivity index (χ3v) is 4.26. The van der Waals surface area contributed by atoms with Crippen LogP contribution in [0.15, 0.2) is 36.4 Å². The van der Waals surface area contributed by atoms with Gasteiger partial charge in [-0.05, 0) is 12.1 Å². The van der Waals surface area contributed by atoms with Crippen LogP contribution in [0.5, 0.6) is 23.0 Å². The Kier molecular flexibility index (Phi) is 5.34. The van der Waals surface area contributed by atoms with Crippen LogP contribution in [-0.4, -0.2) is 30.2 Å². The Morgan fingerprint density at radius 1 is 0.833 bits per heavy atom. The number of ether oxygens (including phenoxy) is 2. The molecule has 128 valence electrons. The molecule has 2 aromatic carbocycles. The van der Waals surface area contributed by atoms with Gasteiger partial charge in [0.15, 0.2) is 0 Å². The van der Waals surface area contributed by atoms with E-state index in [2.05, 4.69) is 0 Å². The third-order valence-electron chi connectivity index (χ3n) is 4.26. The Morgan fingerprint density at radius 3 is 1.50 bits per heavy atom. The molecular weight excluding hydrogens is 308 g/mol. The number of carbonyl (C=O) groups excluding carboxylic acids is 1. The van der Waals surface area contributed by atoms with Gasteiger partial charge in [0.25, 0.3) is 0 Å². The number of ketones is 1. The molecule has 0 radical (unpaired) electrons. The van der Waals surface area contributed by atoms with Crippen molar-refractivity contribution in [2.45, 2.75) is 25.7 Å². The minimum atomic E-state index is -0.521. The van der Waals surface area contributed by atoms with Crippen LogP contribution in [0.4, 0.5) is 0 Å². The van der Waals surface area contributed by atoms with E-state index >= 15 is 0 Å². The summed E-state index contributed by atoms with van der Waals surface area (Å²) in [6.45, 7) is 3.47. The molecule has 5 heteroatoms. The molecule has 2 unspecified atom stereocenters. The van der Waals surface area contributed by atoms with Crippen LogP contribution in [0.3, 0.4) is 0 Å². The summed E-state index contributed by atoms with van der Waals surface area (Å²) in [5.74, 6) is -0.0630. The molecule has 0 fully saturated rings. The van der Waals surface area contributed by atoms with Crippen LogP contribution < -0.4 is 9.47 Å². The van der Waals surface area contributed by atoms with Crippen molar-refractivity contribution < 1.29 is 24.5 Å².